The molecule has 3 amide bonds. The quantitative estimate of drug-likeness (QED) is 0.373. The number of ether oxygens (including phenoxy) is 1. The summed E-state index contributed by atoms with van der Waals surface area (Å²) in [6, 6.07) is 3.96. The molecule has 37 heavy (non-hydrogen) atoms. The van der Waals surface area contributed by atoms with Crippen LogP contribution in [0.25, 0.3) is 22.4 Å². The highest BCUT2D eigenvalue weighted by molar-refractivity contribution is 5.98. The lowest BCUT2D eigenvalue weighted by atomic mass is 9.86. The number of carbonyl (C=O) groups is 2. The van der Waals surface area contributed by atoms with Gasteiger partial charge in [0.05, 0.1) is 13.2 Å². The van der Waals surface area contributed by atoms with Crippen molar-refractivity contribution in [3.05, 3.63) is 41.4 Å². The van der Waals surface area contributed by atoms with Crippen molar-refractivity contribution in [1.29, 1.82) is 0 Å². The number of nitrogens with zero attached hydrogens (tertiary/aromatic N) is 2. The van der Waals surface area contributed by atoms with Gasteiger partial charge in [-0.3, -0.25) is 4.79 Å². The third-order valence-corrected chi connectivity index (χ3v) is 5.99. The number of oxazole rings is 1. The molecular formula is C24H27F3N6O4. The highest BCUT2D eigenvalue weighted by Gasteiger charge is 2.35. The molecule has 10 nitrogen and oxygen atoms in total. The van der Waals surface area contributed by atoms with Gasteiger partial charge in [0.15, 0.2) is 11.5 Å². The summed E-state index contributed by atoms with van der Waals surface area (Å²) in [6.45, 7) is 3.95. The molecule has 0 aliphatic heterocycles. The number of hydrogen-bond donors (Lipinski definition) is 4. The summed E-state index contributed by atoms with van der Waals surface area (Å²) < 4.78 is 50.8. The van der Waals surface area contributed by atoms with Gasteiger partial charge in [0.2, 0.25) is 5.89 Å². The number of fused-ring (bicyclic) bond motifs is 1. The molecule has 4 rings (SSSR count). The van der Waals surface area contributed by atoms with Crippen LogP contribution in [0.2, 0.25) is 0 Å². The molecule has 0 radical (unpaired) electrons. The number of aromatic nitrogens is 2. The van der Waals surface area contributed by atoms with Gasteiger partial charge in [-0.15, -0.1) is 0 Å². The van der Waals surface area contributed by atoms with Crippen molar-refractivity contribution < 1.29 is 31.9 Å². The van der Waals surface area contributed by atoms with Crippen LogP contribution in [-0.4, -0.2) is 47.6 Å². The number of methoxy groups -OCH3 is 1. The molecule has 1 aromatic carbocycles. The Kier molecular flexibility index (Phi) is 7.25. The van der Waals surface area contributed by atoms with Crippen molar-refractivity contribution in [2.75, 3.05) is 13.7 Å². The van der Waals surface area contributed by atoms with E-state index in [0.29, 0.717) is 30.3 Å². The molecule has 3 aromatic rings. The molecule has 1 aliphatic carbocycles. The molecule has 5 N–H and O–H groups in total. The summed E-state index contributed by atoms with van der Waals surface area (Å²) in [5.41, 5.74) is 5.24. The molecule has 0 bridgehead atoms. The molecule has 13 heteroatoms. The van der Waals surface area contributed by atoms with Crippen molar-refractivity contribution in [1.82, 2.24) is 25.9 Å². The fourth-order valence-electron chi connectivity index (χ4n) is 4.12. The zero-order valence-corrected chi connectivity index (χ0v) is 20.4. The van der Waals surface area contributed by atoms with Gasteiger partial charge < -0.3 is 30.8 Å². The van der Waals surface area contributed by atoms with Crippen molar-refractivity contribution in [2.45, 2.75) is 51.0 Å². The molecule has 1 aliphatic rings. The zero-order valence-electron chi connectivity index (χ0n) is 20.4. The van der Waals surface area contributed by atoms with Crippen LogP contribution in [0.4, 0.5) is 18.0 Å². The van der Waals surface area contributed by atoms with Crippen molar-refractivity contribution in [2.24, 2.45) is 5.73 Å². The van der Waals surface area contributed by atoms with Gasteiger partial charge in [0.25, 0.3) is 5.91 Å². The zero-order chi connectivity index (χ0) is 26.9. The van der Waals surface area contributed by atoms with Crippen LogP contribution in [0.5, 0.6) is 5.75 Å². The minimum Gasteiger partial charge on any atom is -0.494 e. The van der Waals surface area contributed by atoms with Crippen LogP contribution < -0.4 is 26.4 Å². The summed E-state index contributed by atoms with van der Waals surface area (Å²) in [6.07, 6.45) is -3.53. The number of carbonyl (C=O) groups excluding carboxylic acids is 2. The first-order valence-corrected chi connectivity index (χ1v) is 11.7. The topological polar surface area (TPSA) is 144 Å². The summed E-state index contributed by atoms with van der Waals surface area (Å²) in [5.74, 6) is -0.217. The highest BCUT2D eigenvalue weighted by Crippen LogP contribution is 2.37. The summed E-state index contributed by atoms with van der Waals surface area (Å²) in [7, 11) is 1.33. The second-order valence-corrected chi connectivity index (χ2v) is 8.77. The lowest BCUT2D eigenvalue weighted by Crippen LogP contribution is -2.55. The number of amides is 3. The molecule has 0 unspecified atom stereocenters. The largest absolute Gasteiger partial charge is 0.494 e. The molecule has 1 fully saturated rings. The van der Waals surface area contributed by atoms with E-state index >= 15 is 0 Å². The third-order valence-electron chi connectivity index (χ3n) is 5.99. The molecule has 1 saturated carbocycles. The maximum absolute atomic E-state index is 13.3. The Bertz CT molecular complexity index is 1320. The Morgan fingerprint density at radius 1 is 1.16 bits per heavy atom. The van der Waals surface area contributed by atoms with Crippen LogP contribution in [0, 0.1) is 0 Å². The molecule has 1 atom stereocenters. The summed E-state index contributed by atoms with van der Waals surface area (Å²) in [5, 5.41) is 8.63. The van der Waals surface area contributed by atoms with Crippen LogP contribution in [0.3, 0.4) is 0 Å². The van der Waals surface area contributed by atoms with E-state index in [-0.39, 0.29) is 46.7 Å². The Morgan fingerprint density at radius 2 is 1.86 bits per heavy atom. The molecule has 2 aromatic heterocycles. The van der Waals surface area contributed by atoms with Gasteiger partial charge in [-0.1, -0.05) is 0 Å². The number of halogens is 3. The number of pyridine rings is 1. The maximum atomic E-state index is 13.3. The Balaban J connectivity index is 1.61. The van der Waals surface area contributed by atoms with E-state index in [4.69, 9.17) is 14.9 Å². The number of benzene rings is 1. The van der Waals surface area contributed by atoms with E-state index in [2.05, 4.69) is 25.9 Å². The van der Waals surface area contributed by atoms with Gasteiger partial charge in [-0.05, 0) is 51.0 Å². The number of nitrogens with two attached hydrogens (primary N) is 1. The highest BCUT2D eigenvalue weighted by atomic mass is 19.4. The maximum Gasteiger partial charge on any atom is 0.433 e. The van der Waals surface area contributed by atoms with Gasteiger partial charge in [0.1, 0.15) is 17.0 Å². The standard InChI is InChI=1S/C24H27F3N6O4/c1-4-29-23(35)31-13-9-12(10-13)30-21(34)19-20(11(2)28)37-22(33-19)15-5-7-16(36-3)18-14(15)6-8-17(32-18)24(25,26)27/h5-8,11-13H,4,9-10,28H2,1-3H3,(H,30,34)(H2,29,31,35)/t11-,12?,13?/m0/s1. The predicted molar refractivity (Wildman–Crippen MR) is 128 cm³/mol. The minimum atomic E-state index is -4.64. The third kappa shape index (κ3) is 5.45. The van der Waals surface area contributed by atoms with Crippen LogP contribution >= 0.6 is 0 Å². The second-order valence-electron chi connectivity index (χ2n) is 8.77. The number of nitrogens with one attached hydrogen (secondary N) is 3. The monoisotopic (exact) mass is 520 g/mol. The number of alkyl halides is 3. The Hall–Kier alpha value is -3.87. The van der Waals surface area contributed by atoms with Crippen LogP contribution in [0.15, 0.2) is 28.7 Å². The van der Waals surface area contributed by atoms with Crippen molar-refractivity contribution >= 4 is 22.8 Å². The average molecular weight is 521 g/mol. The number of urea groups is 1. The van der Waals surface area contributed by atoms with Crippen LogP contribution in [-0.2, 0) is 6.18 Å². The number of rotatable bonds is 7. The average Bonchev–Trinajstić information content (AvgIpc) is 3.27. The Morgan fingerprint density at radius 3 is 2.49 bits per heavy atom. The van der Waals surface area contributed by atoms with E-state index in [1.807, 2.05) is 6.92 Å². The molecule has 0 spiro atoms. The fourth-order valence-corrected chi connectivity index (χ4v) is 4.12. The van der Waals surface area contributed by atoms with Crippen LogP contribution in [0.1, 0.15) is 54.7 Å². The first-order valence-electron chi connectivity index (χ1n) is 11.7. The van der Waals surface area contributed by atoms with Gasteiger partial charge >= 0.3 is 12.2 Å². The van der Waals surface area contributed by atoms with E-state index in [0.717, 1.165) is 6.07 Å². The minimum absolute atomic E-state index is 0.0102. The van der Waals surface area contributed by atoms with Crippen molar-refractivity contribution in [3.8, 4) is 17.2 Å². The Labute approximate surface area is 210 Å². The van der Waals surface area contributed by atoms with Crippen molar-refractivity contribution in [3.63, 3.8) is 0 Å². The first kappa shape index (κ1) is 26.2. The van der Waals surface area contributed by atoms with E-state index in [1.54, 1.807) is 13.0 Å². The summed E-state index contributed by atoms with van der Waals surface area (Å²) in [4.78, 5) is 32.8. The molecular weight excluding hydrogens is 493 g/mol. The smallest absolute Gasteiger partial charge is 0.433 e. The van der Waals surface area contributed by atoms with E-state index in [9.17, 15) is 22.8 Å². The normalized spacial score (nSPS) is 18.1. The van der Waals surface area contributed by atoms with E-state index < -0.39 is 23.8 Å². The second kappa shape index (κ2) is 10.2. The van der Waals surface area contributed by atoms with E-state index in [1.165, 1.54) is 19.2 Å². The molecule has 2 heterocycles. The van der Waals surface area contributed by atoms with Gasteiger partial charge in [0, 0.05) is 29.6 Å². The summed E-state index contributed by atoms with van der Waals surface area (Å²) >= 11 is 0. The fraction of sp³-hybridized carbons (Fsp3) is 0.417. The van der Waals surface area contributed by atoms with Gasteiger partial charge in [-0.25, -0.2) is 14.8 Å². The predicted octanol–water partition coefficient (Wildman–Crippen LogP) is 3.52. The SMILES string of the molecule is CCNC(=O)NC1CC(NC(=O)c2nc(-c3ccc(OC)c4nc(C(F)(F)F)ccc34)oc2[C@H](C)N)C1. The lowest BCUT2D eigenvalue weighted by Gasteiger charge is -2.36. The number of hydrogen-bond acceptors (Lipinski definition) is 7. The van der Waals surface area contributed by atoms with Gasteiger partial charge in [-0.2, -0.15) is 13.2 Å². The lowest BCUT2D eigenvalue weighted by molar-refractivity contribution is -0.140. The molecule has 198 valence electrons. The molecule has 0 saturated heterocycles. The first-order chi connectivity index (χ1) is 17.5.